The van der Waals surface area contributed by atoms with Gasteiger partial charge in [0.05, 0.1) is 0 Å². The van der Waals surface area contributed by atoms with Crippen LogP contribution in [0.4, 0.5) is 5.69 Å². The molecule has 1 fully saturated rings. The summed E-state index contributed by atoms with van der Waals surface area (Å²) in [6.45, 7) is 0.745. The highest BCUT2D eigenvalue weighted by atomic mass is 32.2. The molecule has 1 aromatic carbocycles. The molecule has 0 amide bonds. The van der Waals surface area contributed by atoms with Crippen molar-refractivity contribution in [3.8, 4) is 5.92 Å². The maximum Gasteiger partial charge on any atom is 0.327 e. The summed E-state index contributed by atoms with van der Waals surface area (Å²) in [6, 6.07) is 6.81. The van der Waals surface area contributed by atoms with Gasteiger partial charge in [-0.3, -0.25) is 0 Å². The number of carbonyl (C=O) groups is 1. The van der Waals surface area contributed by atoms with Crippen LogP contribution in [0.5, 0.6) is 0 Å². The Labute approximate surface area is 105 Å². The second-order valence-corrected chi connectivity index (χ2v) is 4.94. The highest BCUT2D eigenvalue weighted by Gasteiger charge is 2.28. The fourth-order valence-electron chi connectivity index (χ4n) is 1.85. The lowest BCUT2D eigenvalue weighted by atomic mass is 10.1. The molecule has 1 unspecified atom stereocenters. The van der Waals surface area contributed by atoms with Gasteiger partial charge < -0.3 is 10.0 Å². The number of nitrogens with zero attached hydrogens (tertiary/aromatic N) is 1. The number of carboxylic acids is 1. The zero-order valence-electron chi connectivity index (χ0n) is 9.22. The third-order valence-electron chi connectivity index (χ3n) is 2.76. The predicted molar refractivity (Wildman–Crippen MR) is 68.8 cm³/mol. The molecule has 1 saturated heterocycles. The first-order chi connectivity index (χ1) is 8.22. The first kappa shape index (κ1) is 11.9. The Bertz CT molecular complexity index is 449. The summed E-state index contributed by atoms with van der Waals surface area (Å²) in [5, 5.41) is 9.17. The van der Waals surface area contributed by atoms with E-state index in [2.05, 4.69) is 5.92 Å². The van der Waals surface area contributed by atoms with Crippen molar-refractivity contribution in [3.63, 3.8) is 0 Å². The van der Waals surface area contributed by atoms with Crippen LogP contribution in [-0.2, 0) is 4.79 Å². The van der Waals surface area contributed by atoms with Gasteiger partial charge in [0, 0.05) is 29.3 Å². The van der Waals surface area contributed by atoms with E-state index in [-0.39, 0.29) is 0 Å². The molecule has 0 bridgehead atoms. The number of carboxylic acid groups (broad SMARTS) is 1. The van der Waals surface area contributed by atoms with Gasteiger partial charge in [-0.05, 0) is 30.7 Å². The van der Waals surface area contributed by atoms with Crippen molar-refractivity contribution in [1.29, 1.82) is 0 Å². The molecular formula is C13H12NO2S. The van der Waals surface area contributed by atoms with Crippen LogP contribution in [0, 0.1) is 12.3 Å². The Balaban J connectivity index is 2.24. The summed E-state index contributed by atoms with van der Waals surface area (Å²) in [6.07, 6.45) is 7.01. The average Bonchev–Trinajstić information content (AvgIpc) is 2.39. The predicted octanol–water partition coefficient (Wildman–Crippen LogP) is 1.63. The van der Waals surface area contributed by atoms with Crippen LogP contribution in [0.25, 0.3) is 0 Å². The van der Waals surface area contributed by atoms with Crippen molar-refractivity contribution >= 4 is 23.4 Å². The zero-order chi connectivity index (χ0) is 12.3. The monoisotopic (exact) mass is 246 g/mol. The third-order valence-corrected chi connectivity index (χ3v) is 3.78. The lowest BCUT2D eigenvalue weighted by Crippen LogP contribution is -2.47. The second-order valence-electron chi connectivity index (χ2n) is 3.79. The van der Waals surface area contributed by atoms with Crippen molar-refractivity contribution < 1.29 is 9.90 Å². The molecule has 1 atom stereocenters. The molecule has 1 aliphatic heterocycles. The number of hydrogen-bond donors (Lipinski definition) is 1. The Hall–Kier alpha value is -1.60. The minimum Gasteiger partial charge on any atom is -0.480 e. The SMILES string of the molecule is [C]#Cc1ccc(N2CCSCC2C(=O)O)cc1. The minimum absolute atomic E-state index is 0.455. The van der Waals surface area contributed by atoms with E-state index in [1.165, 1.54) is 0 Å². The minimum atomic E-state index is -0.778. The first-order valence-electron chi connectivity index (χ1n) is 5.32. The standard InChI is InChI=1S/C13H12NO2S/c1-2-10-3-5-11(6-4-10)14-7-8-17-9-12(14)13(15)16/h3-6,12H,7-9H2,(H,15,16). The molecule has 0 aromatic heterocycles. The summed E-state index contributed by atoms with van der Waals surface area (Å²) in [5.41, 5.74) is 1.60. The Morgan fingerprint density at radius 3 is 2.76 bits per heavy atom. The van der Waals surface area contributed by atoms with E-state index < -0.39 is 12.0 Å². The van der Waals surface area contributed by atoms with Gasteiger partial charge in [-0.15, -0.1) is 0 Å². The van der Waals surface area contributed by atoms with E-state index in [0.29, 0.717) is 11.3 Å². The van der Waals surface area contributed by atoms with Crippen LogP contribution in [-0.4, -0.2) is 35.2 Å². The van der Waals surface area contributed by atoms with E-state index in [0.717, 1.165) is 18.0 Å². The summed E-state index contributed by atoms with van der Waals surface area (Å²) in [4.78, 5) is 13.1. The summed E-state index contributed by atoms with van der Waals surface area (Å²) in [7, 11) is 0. The van der Waals surface area contributed by atoms with Crippen molar-refractivity contribution in [3.05, 3.63) is 36.3 Å². The molecule has 1 aliphatic rings. The van der Waals surface area contributed by atoms with E-state index in [9.17, 15) is 9.90 Å². The molecular weight excluding hydrogens is 234 g/mol. The van der Waals surface area contributed by atoms with Gasteiger partial charge in [-0.1, -0.05) is 5.92 Å². The van der Waals surface area contributed by atoms with Gasteiger partial charge in [0.2, 0.25) is 0 Å². The van der Waals surface area contributed by atoms with Gasteiger partial charge >= 0.3 is 5.97 Å². The lowest BCUT2D eigenvalue weighted by Gasteiger charge is -2.34. The van der Waals surface area contributed by atoms with Crippen LogP contribution in [0.15, 0.2) is 24.3 Å². The van der Waals surface area contributed by atoms with Crippen LogP contribution < -0.4 is 4.90 Å². The number of anilines is 1. The van der Waals surface area contributed by atoms with Crippen LogP contribution >= 0.6 is 11.8 Å². The van der Waals surface area contributed by atoms with Gasteiger partial charge in [0.1, 0.15) is 6.04 Å². The Morgan fingerprint density at radius 1 is 1.47 bits per heavy atom. The molecule has 17 heavy (non-hydrogen) atoms. The molecule has 0 saturated carbocycles. The van der Waals surface area contributed by atoms with Crippen molar-refractivity contribution in [2.45, 2.75) is 6.04 Å². The van der Waals surface area contributed by atoms with E-state index >= 15 is 0 Å². The van der Waals surface area contributed by atoms with Crippen LogP contribution in [0.2, 0.25) is 0 Å². The van der Waals surface area contributed by atoms with Crippen LogP contribution in [0.3, 0.4) is 0 Å². The van der Waals surface area contributed by atoms with Gasteiger partial charge in [-0.2, -0.15) is 11.8 Å². The molecule has 0 spiro atoms. The largest absolute Gasteiger partial charge is 0.480 e. The lowest BCUT2D eigenvalue weighted by molar-refractivity contribution is -0.138. The Kier molecular flexibility index (Phi) is 3.60. The second kappa shape index (κ2) is 5.15. The molecule has 4 heteroatoms. The van der Waals surface area contributed by atoms with E-state index in [1.54, 1.807) is 23.9 Å². The topological polar surface area (TPSA) is 40.5 Å². The van der Waals surface area contributed by atoms with Crippen molar-refractivity contribution in [2.24, 2.45) is 0 Å². The highest BCUT2D eigenvalue weighted by molar-refractivity contribution is 7.99. The fourth-order valence-corrected chi connectivity index (χ4v) is 2.89. The molecule has 87 valence electrons. The molecule has 0 aliphatic carbocycles. The molecule has 1 heterocycles. The smallest absolute Gasteiger partial charge is 0.327 e. The van der Waals surface area contributed by atoms with Gasteiger partial charge in [0.25, 0.3) is 0 Å². The maximum absolute atomic E-state index is 11.2. The average molecular weight is 246 g/mol. The van der Waals surface area contributed by atoms with Gasteiger partial charge in [0.15, 0.2) is 0 Å². The molecule has 1 aromatic rings. The number of thioether (sulfide) groups is 1. The van der Waals surface area contributed by atoms with E-state index in [1.807, 2.05) is 17.0 Å². The maximum atomic E-state index is 11.2. The van der Waals surface area contributed by atoms with E-state index in [4.69, 9.17) is 6.42 Å². The van der Waals surface area contributed by atoms with Crippen LogP contribution in [0.1, 0.15) is 5.56 Å². The van der Waals surface area contributed by atoms with Crippen molar-refractivity contribution in [1.82, 2.24) is 0 Å². The number of aliphatic carboxylic acids is 1. The first-order valence-corrected chi connectivity index (χ1v) is 6.48. The number of rotatable bonds is 2. The summed E-state index contributed by atoms with van der Waals surface area (Å²) < 4.78 is 0. The molecule has 1 N–H and O–H groups in total. The molecule has 3 nitrogen and oxygen atoms in total. The molecule has 2 rings (SSSR count). The quantitative estimate of drug-likeness (QED) is 0.805. The third kappa shape index (κ3) is 2.56. The summed E-state index contributed by atoms with van der Waals surface area (Å²) >= 11 is 1.67. The van der Waals surface area contributed by atoms with Gasteiger partial charge in [-0.25, -0.2) is 4.79 Å². The molecule has 1 radical (unpaired) electrons. The highest BCUT2D eigenvalue weighted by Crippen LogP contribution is 2.24. The van der Waals surface area contributed by atoms with Crippen molar-refractivity contribution in [2.75, 3.05) is 23.0 Å². The fraction of sp³-hybridized carbons (Fsp3) is 0.308. The summed E-state index contributed by atoms with van der Waals surface area (Å²) in [5.74, 6) is 3.09. The normalized spacial score (nSPS) is 19.7. The number of benzene rings is 1. The zero-order valence-corrected chi connectivity index (χ0v) is 10.0. The number of hydrogen-bond acceptors (Lipinski definition) is 3. The Morgan fingerprint density at radius 2 is 2.18 bits per heavy atom.